The van der Waals surface area contributed by atoms with E-state index in [1.165, 1.54) is 14.0 Å². The molecule has 0 unspecified atom stereocenters. The van der Waals surface area contributed by atoms with Gasteiger partial charge in [-0.25, -0.2) is 9.97 Å². The van der Waals surface area contributed by atoms with Crippen molar-refractivity contribution >= 4 is 23.2 Å². The highest BCUT2D eigenvalue weighted by Gasteiger charge is 2.52. The molecule has 4 rings (SSSR count). The number of amides is 1. The van der Waals surface area contributed by atoms with Crippen molar-refractivity contribution in [3.63, 3.8) is 0 Å². The van der Waals surface area contributed by atoms with E-state index in [0.29, 0.717) is 18.2 Å². The number of anilines is 3. The highest BCUT2D eigenvalue weighted by atomic mass is 19.3. The summed E-state index contributed by atoms with van der Waals surface area (Å²) in [6, 6.07) is 3.29. The van der Waals surface area contributed by atoms with Gasteiger partial charge in [-0.3, -0.25) is 4.79 Å². The second-order valence-corrected chi connectivity index (χ2v) is 7.11. The van der Waals surface area contributed by atoms with E-state index in [-0.39, 0.29) is 17.2 Å². The van der Waals surface area contributed by atoms with Gasteiger partial charge >= 0.3 is 5.92 Å². The van der Waals surface area contributed by atoms with Crippen LogP contribution in [0.25, 0.3) is 0 Å². The number of carbonyl (C=O) groups excluding carboxylic acids is 1. The van der Waals surface area contributed by atoms with Crippen LogP contribution < -0.4 is 15.0 Å². The summed E-state index contributed by atoms with van der Waals surface area (Å²) >= 11 is 0. The third-order valence-corrected chi connectivity index (χ3v) is 4.93. The predicted octanol–water partition coefficient (Wildman–Crippen LogP) is 3.13. The zero-order chi connectivity index (χ0) is 19.4. The smallest absolute Gasteiger partial charge is 0.304 e. The molecule has 0 radical (unpaired) electrons. The third kappa shape index (κ3) is 3.07. The van der Waals surface area contributed by atoms with Crippen molar-refractivity contribution in [3.05, 3.63) is 29.7 Å². The summed E-state index contributed by atoms with van der Waals surface area (Å²) < 4.78 is 32.8. The topological polar surface area (TPSA) is 80.2 Å². The van der Waals surface area contributed by atoms with Crippen LogP contribution >= 0.6 is 0 Å². The second-order valence-electron chi connectivity index (χ2n) is 7.11. The number of pyridine rings is 1. The van der Waals surface area contributed by atoms with Gasteiger partial charge in [0.1, 0.15) is 11.6 Å². The van der Waals surface area contributed by atoms with Crippen molar-refractivity contribution in [3.8, 4) is 5.88 Å². The molecule has 2 aromatic rings. The molecule has 0 saturated heterocycles. The number of ether oxygens (including phenoxy) is 1. The molecule has 2 aliphatic rings. The summed E-state index contributed by atoms with van der Waals surface area (Å²) in [5, 5.41) is 2.66. The molecule has 1 N–H and O–H groups in total. The van der Waals surface area contributed by atoms with Crippen LogP contribution in [-0.4, -0.2) is 34.5 Å². The summed E-state index contributed by atoms with van der Waals surface area (Å²) in [5.74, 6) is -3.20. The first-order valence-corrected chi connectivity index (χ1v) is 8.59. The number of alkyl halides is 2. The molecule has 0 atom stereocenters. The Morgan fingerprint density at radius 2 is 2.07 bits per heavy atom. The number of methoxy groups -OCH3 is 1. The Balaban J connectivity index is 1.81. The normalized spacial score (nSPS) is 17.0. The molecular weight excluding hydrogens is 356 g/mol. The zero-order valence-electron chi connectivity index (χ0n) is 15.2. The van der Waals surface area contributed by atoms with Crippen molar-refractivity contribution in [1.82, 2.24) is 15.0 Å². The minimum atomic E-state index is -3.19. The number of rotatable bonds is 4. The van der Waals surface area contributed by atoms with E-state index in [1.54, 1.807) is 18.3 Å². The molecule has 1 amide bonds. The highest BCUT2D eigenvalue weighted by Crippen LogP contribution is 2.58. The molecule has 0 bridgehead atoms. The van der Waals surface area contributed by atoms with Gasteiger partial charge in [-0.1, -0.05) is 0 Å². The van der Waals surface area contributed by atoms with Crippen molar-refractivity contribution < 1.29 is 18.3 Å². The molecule has 1 aliphatic carbocycles. The van der Waals surface area contributed by atoms with Crippen LogP contribution in [0.15, 0.2) is 18.3 Å². The van der Waals surface area contributed by atoms with Gasteiger partial charge in [0.15, 0.2) is 0 Å². The van der Waals surface area contributed by atoms with Crippen LogP contribution in [0.4, 0.5) is 26.1 Å². The van der Waals surface area contributed by atoms with Gasteiger partial charge in [-0.2, -0.15) is 13.8 Å². The molecule has 142 valence electrons. The first-order chi connectivity index (χ1) is 12.7. The number of aromatic nitrogens is 3. The van der Waals surface area contributed by atoms with E-state index in [4.69, 9.17) is 4.74 Å². The minimum absolute atomic E-state index is 0.0375. The first-order valence-electron chi connectivity index (χ1n) is 8.59. The van der Waals surface area contributed by atoms with Gasteiger partial charge in [-0.05, 0) is 12.8 Å². The van der Waals surface area contributed by atoms with Crippen LogP contribution in [0.1, 0.15) is 38.1 Å². The van der Waals surface area contributed by atoms with E-state index in [0.717, 1.165) is 31.0 Å². The molecule has 1 saturated carbocycles. The fraction of sp³-hybridized carbons (Fsp3) is 0.444. The molecule has 0 aromatic carbocycles. The Bertz CT molecular complexity index is 924. The predicted molar refractivity (Wildman–Crippen MR) is 94.6 cm³/mol. The lowest BCUT2D eigenvalue weighted by Gasteiger charge is -2.21. The monoisotopic (exact) mass is 375 g/mol. The average molecular weight is 375 g/mol. The van der Waals surface area contributed by atoms with E-state index >= 15 is 0 Å². The first kappa shape index (κ1) is 17.6. The van der Waals surface area contributed by atoms with Crippen LogP contribution in [0.5, 0.6) is 5.88 Å². The standard InChI is InChI=1S/C18H19F2N5O2/c1-10(26)22-13-6-12-11(8-21-13)18(4-5-18)9-25(12)14-7-15(27-3)24-16(23-14)17(2,19)20/h6-8H,4-5,9H2,1-3H3,(H,21,22,26). The molecular formula is C18H19F2N5O2. The Morgan fingerprint density at radius 1 is 1.33 bits per heavy atom. The third-order valence-electron chi connectivity index (χ3n) is 4.93. The van der Waals surface area contributed by atoms with Gasteiger partial charge in [0, 0.05) is 49.7 Å². The minimum Gasteiger partial charge on any atom is -0.481 e. The molecule has 7 nitrogen and oxygen atoms in total. The number of nitrogens with one attached hydrogen (secondary N) is 1. The molecule has 9 heteroatoms. The molecule has 1 fully saturated rings. The van der Waals surface area contributed by atoms with Crippen LogP contribution in [-0.2, 0) is 16.1 Å². The molecule has 3 heterocycles. The number of hydrogen-bond acceptors (Lipinski definition) is 6. The Morgan fingerprint density at radius 3 is 2.67 bits per heavy atom. The SMILES string of the molecule is COc1cc(N2CC3(CC3)c3cnc(NC(C)=O)cc32)nc(C(C)(F)F)n1. The maximum Gasteiger partial charge on any atom is 0.304 e. The molecule has 1 aliphatic heterocycles. The quantitative estimate of drug-likeness (QED) is 0.884. The maximum atomic E-state index is 13.8. The largest absolute Gasteiger partial charge is 0.481 e. The summed E-state index contributed by atoms with van der Waals surface area (Å²) in [6.07, 6.45) is 3.74. The van der Waals surface area contributed by atoms with Crippen molar-refractivity contribution in [2.24, 2.45) is 0 Å². The number of hydrogen-bond donors (Lipinski definition) is 1. The average Bonchev–Trinajstić information content (AvgIpc) is 3.31. The van der Waals surface area contributed by atoms with E-state index in [2.05, 4.69) is 20.3 Å². The summed E-state index contributed by atoms with van der Waals surface area (Å²) in [6.45, 7) is 2.77. The van der Waals surface area contributed by atoms with Crippen LogP contribution in [0, 0.1) is 0 Å². The second kappa shape index (κ2) is 5.83. The number of carbonyl (C=O) groups is 1. The summed E-state index contributed by atoms with van der Waals surface area (Å²) in [7, 11) is 1.38. The van der Waals surface area contributed by atoms with Crippen LogP contribution in [0.2, 0.25) is 0 Å². The Kier molecular flexibility index (Phi) is 3.79. The fourth-order valence-corrected chi connectivity index (χ4v) is 3.43. The molecule has 1 spiro atoms. The van der Waals surface area contributed by atoms with Gasteiger partial charge in [0.05, 0.1) is 12.8 Å². The van der Waals surface area contributed by atoms with Crippen LogP contribution in [0.3, 0.4) is 0 Å². The number of fused-ring (bicyclic) bond motifs is 2. The number of nitrogens with zero attached hydrogens (tertiary/aromatic N) is 4. The van der Waals surface area contributed by atoms with Crippen molar-refractivity contribution in [2.45, 2.75) is 38.0 Å². The fourth-order valence-electron chi connectivity index (χ4n) is 3.43. The molecule has 27 heavy (non-hydrogen) atoms. The number of halogens is 2. The lowest BCUT2D eigenvalue weighted by molar-refractivity contribution is -0.114. The van der Waals surface area contributed by atoms with Crippen molar-refractivity contribution in [2.75, 3.05) is 23.9 Å². The van der Waals surface area contributed by atoms with Gasteiger partial charge < -0.3 is 15.0 Å². The highest BCUT2D eigenvalue weighted by molar-refractivity contribution is 5.89. The van der Waals surface area contributed by atoms with Gasteiger partial charge in [-0.15, -0.1) is 0 Å². The lowest BCUT2D eigenvalue weighted by atomic mass is 10.0. The van der Waals surface area contributed by atoms with E-state index < -0.39 is 11.7 Å². The zero-order valence-corrected chi connectivity index (χ0v) is 15.2. The lowest BCUT2D eigenvalue weighted by Crippen LogP contribution is -2.22. The van der Waals surface area contributed by atoms with Gasteiger partial charge in [0.2, 0.25) is 17.6 Å². The van der Waals surface area contributed by atoms with E-state index in [1.807, 2.05) is 4.90 Å². The Hall–Kier alpha value is -2.84. The van der Waals surface area contributed by atoms with E-state index in [9.17, 15) is 13.6 Å². The van der Waals surface area contributed by atoms with Crippen molar-refractivity contribution in [1.29, 1.82) is 0 Å². The van der Waals surface area contributed by atoms with Gasteiger partial charge in [0.25, 0.3) is 0 Å². The summed E-state index contributed by atoms with van der Waals surface area (Å²) in [5.41, 5.74) is 1.81. The Labute approximate surface area is 154 Å². The summed E-state index contributed by atoms with van der Waals surface area (Å²) in [4.78, 5) is 25.4. The molecule has 2 aromatic heterocycles. The maximum absolute atomic E-state index is 13.8.